The normalized spacial score (nSPS) is 12.7. The van der Waals surface area contributed by atoms with Crippen molar-refractivity contribution in [2.75, 3.05) is 7.05 Å². The van der Waals surface area contributed by atoms with Crippen LogP contribution in [0.25, 0.3) is 0 Å². The van der Waals surface area contributed by atoms with Gasteiger partial charge in [-0.1, -0.05) is 17.7 Å². The first kappa shape index (κ1) is 14.1. The van der Waals surface area contributed by atoms with E-state index in [0.717, 1.165) is 15.1 Å². The van der Waals surface area contributed by atoms with Crippen LogP contribution in [-0.2, 0) is 0 Å². The van der Waals surface area contributed by atoms with Gasteiger partial charge in [0.25, 0.3) is 0 Å². The Morgan fingerprint density at radius 1 is 1.28 bits per heavy atom. The summed E-state index contributed by atoms with van der Waals surface area (Å²) in [6.07, 6.45) is 0. The molecular formula is C14H15BrClNS. The van der Waals surface area contributed by atoms with Crippen LogP contribution in [0.5, 0.6) is 0 Å². The molecule has 1 heterocycles. The molecule has 0 saturated carbocycles. The van der Waals surface area contributed by atoms with Gasteiger partial charge in [0.15, 0.2) is 0 Å². The van der Waals surface area contributed by atoms with E-state index >= 15 is 0 Å². The van der Waals surface area contributed by atoms with Gasteiger partial charge in [-0.2, -0.15) is 0 Å². The van der Waals surface area contributed by atoms with E-state index in [2.05, 4.69) is 45.7 Å². The zero-order chi connectivity index (χ0) is 13.3. The molecular weight excluding hydrogens is 330 g/mol. The summed E-state index contributed by atoms with van der Waals surface area (Å²) in [4.78, 5) is 1.29. The molecule has 2 rings (SSSR count). The number of hydrogen-bond acceptors (Lipinski definition) is 2. The molecule has 18 heavy (non-hydrogen) atoms. The largest absolute Gasteiger partial charge is 0.309 e. The third-order valence-electron chi connectivity index (χ3n) is 3.05. The van der Waals surface area contributed by atoms with Gasteiger partial charge in [-0.15, -0.1) is 11.3 Å². The Hall–Kier alpha value is -0.350. The van der Waals surface area contributed by atoms with Gasteiger partial charge in [0.1, 0.15) is 0 Å². The highest BCUT2D eigenvalue weighted by Crippen LogP contribution is 2.35. The van der Waals surface area contributed by atoms with Crippen LogP contribution in [0.2, 0.25) is 5.02 Å². The Kier molecular flexibility index (Phi) is 4.49. The molecule has 4 heteroatoms. The lowest BCUT2D eigenvalue weighted by molar-refractivity contribution is 0.696. The van der Waals surface area contributed by atoms with E-state index in [4.69, 9.17) is 11.6 Å². The summed E-state index contributed by atoms with van der Waals surface area (Å²) >= 11 is 11.5. The van der Waals surface area contributed by atoms with Crippen molar-refractivity contribution in [1.29, 1.82) is 0 Å². The Bertz CT molecular complexity index is 565. The maximum Gasteiger partial charge on any atom is 0.0682 e. The van der Waals surface area contributed by atoms with Gasteiger partial charge < -0.3 is 5.32 Å². The summed E-state index contributed by atoms with van der Waals surface area (Å²) in [5.74, 6) is 0. The zero-order valence-electron chi connectivity index (χ0n) is 10.6. The molecule has 96 valence electrons. The van der Waals surface area contributed by atoms with Crippen molar-refractivity contribution in [1.82, 2.24) is 5.32 Å². The maximum absolute atomic E-state index is 6.16. The highest BCUT2D eigenvalue weighted by Gasteiger charge is 2.19. The van der Waals surface area contributed by atoms with Gasteiger partial charge in [0.05, 0.1) is 6.04 Å². The van der Waals surface area contributed by atoms with Gasteiger partial charge in [-0.25, -0.2) is 0 Å². The summed E-state index contributed by atoms with van der Waals surface area (Å²) < 4.78 is 1.15. The number of thiophene rings is 1. The second-order valence-corrected chi connectivity index (χ2v) is 6.52. The minimum atomic E-state index is 0.204. The fourth-order valence-corrected chi connectivity index (χ4v) is 4.00. The average Bonchev–Trinajstić information content (AvgIpc) is 2.73. The smallest absolute Gasteiger partial charge is 0.0682 e. The molecule has 0 aliphatic heterocycles. The van der Waals surface area contributed by atoms with Gasteiger partial charge >= 0.3 is 0 Å². The summed E-state index contributed by atoms with van der Waals surface area (Å²) in [6, 6.07) is 6.50. The molecule has 1 aromatic carbocycles. The van der Waals surface area contributed by atoms with Crippen LogP contribution in [0, 0.1) is 13.8 Å². The van der Waals surface area contributed by atoms with Crippen LogP contribution in [-0.4, -0.2) is 7.05 Å². The minimum absolute atomic E-state index is 0.204. The molecule has 1 atom stereocenters. The number of hydrogen-bond donors (Lipinski definition) is 1. The Morgan fingerprint density at radius 3 is 2.56 bits per heavy atom. The molecule has 1 unspecified atom stereocenters. The fourth-order valence-electron chi connectivity index (χ4n) is 2.05. The molecule has 0 aliphatic carbocycles. The van der Waals surface area contributed by atoms with Gasteiger partial charge in [0.2, 0.25) is 0 Å². The van der Waals surface area contributed by atoms with Crippen molar-refractivity contribution < 1.29 is 0 Å². The highest BCUT2D eigenvalue weighted by molar-refractivity contribution is 9.10. The standard InChI is InChI=1S/C14H15BrClNS/c1-8-7-12(16)9(2)6-10(8)13(17-3)14-11(15)4-5-18-14/h4-7,13,17H,1-3H3. The van der Waals surface area contributed by atoms with Gasteiger partial charge in [-0.3, -0.25) is 0 Å². The fraction of sp³-hybridized carbons (Fsp3) is 0.286. The zero-order valence-corrected chi connectivity index (χ0v) is 13.7. The van der Waals surface area contributed by atoms with Crippen molar-refractivity contribution in [2.24, 2.45) is 0 Å². The van der Waals surface area contributed by atoms with Crippen LogP contribution in [0.4, 0.5) is 0 Å². The van der Waals surface area contributed by atoms with E-state index in [0.29, 0.717) is 0 Å². The molecule has 0 fully saturated rings. The second-order valence-electron chi connectivity index (χ2n) is 4.31. The van der Waals surface area contributed by atoms with E-state index < -0.39 is 0 Å². The summed E-state index contributed by atoms with van der Waals surface area (Å²) in [7, 11) is 1.99. The number of benzene rings is 1. The first-order valence-corrected chi connectivity index (χ1v) is 7.76. The Balaban J connectivity index is 2.52. The SMILES string of the molecule is CNC(c1cc(C)c(Cl)cc1C)c1sccc1Br. The number of nitrogens with one attached hydrogen (secondary N) is 1. The summed E-state index contributed by atoms with van der Waals surface area (Å²) in [6.45, 7) is 4.15. The van der Waals surface area contributed by atoms with E-state index in [9.17, 15) is 0 Å². The molecule has 0 amide bonds. The first-order chi connectivity index (χ1) is 8.54. The van der Waals surface area contributed by atoms with Crippen LogP contribution in [0.15, 0.2) is 28.1 Å². The van der Waals surface area contributed by atoms with Crippen LogP contribution < -0.4 is 5.32 Å². The van der Waals surface area contributed by atoms with Crippen LogP contribution in [0.3, 0.4) is 0 Å². The second kappa shape index (κ2) is 5.74. The lowest BCUT2D eigenvalue weighted by atomic mass is 9.98. The van der Waals surface area contributed by atoms with Crippen molar-refractivity contribution in [3.63, 3.8) is 0 Å². The molecule has 0 saturated heterocycles. The molecule has 0 spiro atoms. The van der Waals surface area contributed by atoms with Crippen LogP contribution >= 0.6 is 38.9 Å². The van der Waals surface area contributed by atoms with E-state index in [1.807, 2.05) is 20.0 Å². The number of rotatable bonds is 3. The Morgan fingerprint density at radius 2 is 2.00 bits per heavy atom. The molecule has 0 bridgehead atoms. The van der Waals surface area contributed by atoms with E-state index in [-0.39, 0.29) is 6.04 Å². The average molecular weight is 345 g/mol. The van der Waals surface area contributed by atoms with Crippen molar-refractivity contribution in [3.8, 4) is 0 Å². The van der Waals surface area contributed by atoms with Gasteiger partial charge in [-0.05, 0) is 71.0 Å². The predicted octanol–water partition coefficient (Wildman–Crippen LogP) is 5.09. The molecule has 0 aliphatic rings. The van der Waals surface area contributed by atoms with Gasteiger partial charge in [0, 0.05) is 14.4 Å². The van der Waals surface area contributed by atoms with Crippen LogP contribution in [0.1, 0.15) is 27.6 Å². The van der Waals surface area contributed by atoms with Crippen molar-refractivity contribution >= 4 is 38.9 Å². The molecule has 1 aromatic heterocycles. The maximum atomic E-state index is 6.16. The molecule has 2 aromatic rings. The quantitative estimate of drug-likeness (QED) is 0.818. The summed E-state index contributed by atoms with van der Waals surface area (Å²) in [5.41, 5.74) is 3.61. The first-order valence-electron chi connectivity index (χ1n) is 5.71. The van der Waals surface area contributed by atoms with E-state index in [1.54, 1.807) is 11.3 Å². The highest BCUT2D eigenvalue weighted by atomic mass is 79.9. The molecule has 1 nitrogen and oxygen atoms in total. The monoisotopic (exact) mass is 343 g/mol. The van der Waals surface area contributed by atoms with Crippen molar-refractivity contribution in [2.45, 2.75) is 19.9 Å². The number of halogens is 2. The predicted molar refractivity (Wildman–Crippen MR) is 83.8 cm³/mol. The third-order valence-corrected chi connectivity index (χ3v) is 5.40. The lowest BCUT2D eigenvalue weighted by Crippen LogP contribution is -2.18. The van der Waals surface area contributed by atoms with Crippen molar-refractivity contribution in [3.05, 3.63) is 54.6 Å². The Labute approximate surface area is 125 Å². The molecule has 1 N–H and O–H groups in total. The topological polar surface area (TPSA) is 12.0 Å². The minimum Gasteiger partial charge on any atom is -0.309 e. The lowest BCUT2D eigenvalue weighted by Gasteiger charge is -2.19. The number of aryl methyl sites for hydroxylation is 2. The van der Waals surface area contributed by atoms with E-state index in [1.165, 1.54) is 16.0 Å². The third kappa shape index (κ3) is 2.64. The molecule has 0 radical (unpaired) electrons. The summed E-state index contributed by atoms with van der Waals surface area (Å²) in [5, 5.41) is 6.32.